The summed E-state index contributed by atoms with van der Waals surface area (Å²) >= 11 is 0. The Labute approximate surface area is 124 Å². The summed E-state index contributed by atoms with van der Waals surface area (Å²) in [5.74, 6) is 0.522. The van der Waals surface area contributed by atoms with Gasteiger partial charge in [-0.1, -0.05) is 0 Å². The quantitative estimate of drug-likeness (QED) is 0.643. The summed E-state index contributed by atoms with van der Waals surface area (Å²) in [7, 11) is 0. The Hall–Kier alpha value is -1.82. The lowest BCUT2D eigenvalue weighted by atomic mass is 9.91. The molecule has 1 aliphatic rings. The summed E-state index contributed by atoms with van der Waals surface area (Å²) in [6, 6.07) is 5.44. The monoisotopic (exact) mass is 293 g/mol. The van der Waals surface area contributed by atoms with Gasteiger partial charge >= 0.3 is 0 Å². The van der Waals surface area contributed by atoms with Crippen molar-refractivity contribution < 1.29 is 9.66 Å². The Morgan fingerprint density at radius 1 is 1.29 bits per heavy atom. The van der Waals surface area contributed by atoms with Gasteiger partial charge in [-0.25, -0.2) is 0 Å². The molecular weight excluding hydrogens is 270 g/mol. The first-order chi connectivity index (χ1) is 9.94. The molecule has 0 radical (unpaired) electrons. The molecule has 0 unspecified atom stereocenters. The Morgan fingerprint density at radius 2 is 1.95 bits per heavy atom. The normalized spacial score (nSPS) is 22.1. The molecule has 0 atom stereocenters. The topological polar surface area (TPSA) is 90.4 Å². The molecule has 0 aromatic heterocycles. The van der Waals surface area contributed by atoms with E-state index in [4.69, 9.17) is 10.5 Å². The number of nitro groups is 1. The summed E-state index contributed by atoms with van der Waals surface area (Å²) in [6.07, 6.45) is 3.94. The van der Waals surface area contributed by atoms with Crippen LogP contribution in [0.25, 0.3) is 0 Å². The van der Waals surface area contributed by atoms with E-state index in [1.54, 1.807) is 6.07 Å². The molecule has 1 aliphatic carbocycles. The fourth-order valence-electron chi connectivity index (χ4n) is 2.61. The Balaban J connectivity index is 2.13. The van der Waals surface area contributed by atoms with E-state index in [9.17, 15) is 10.1 Å². The standard InChI is InChI=1S/C15H23N3O3/c1-10(2)21-15-8-13(7-14(9-15)18(19)20)17-12-5-3-11(16)4-6-12/h7-12,17H,3-6,16H2,1-2H3. The lowest BCUT2D eigenvalue weighted by Gasteiger charge is -2.27. The highest BCUT2D eigenvalue weighted by Gasteiger charge is 2.19. The van der Waals surface area contributed by atoms with Crippen molar-refractivity contribution in [2.24, 2.45) is 5.73 Å². The average Bonchev–Trinajstić information content (AvgIpc) is 2.40. The molecule has 0 amide bonds. The van der Waals surface area contributed by atoms with Crippen LogP contribution in [0.1, 0.15) is 39.5 Å². The number of rotatable bonds is 5. The van der Waals surface area contributed by atoms with E-state index in [1.165, 1.54) is 6.07 Å². The highest BCUT2D eigenvalue weighted by molar-refractivity contribution is 5.57. The van der Waals surface area contributed by atoms with Crippen molar-refractivity contribution in [2.45, 2.75) is 57.7 Å². The third-order valence-electron chi connectivity index (χ3n) is 3.62. The number of nitrogens with two attached hydrogens (primary N) is 1. The first-order valence-corrected chi connectivity index (χ1v) is 7.42. The predicted octanol–water partition coefficient (Wildman–Crippen LogP) is 3.06. The van der Waals surface area contributed by atoms with Gasteiger partial charge in [0.2, 0.25) is 0 Å². The van der Waals surface area contributed by atoms with E-state index >= 15 is 0 Å². The third kappa shape index (κ3) is 4.60. The van der Waals surface area contributed by atoms with E-state index in [-0.39, 0.29) is 17.8 Å². The molecule has 0 spiro atoms. The molecule has 1 fully saturated rings. The fraction of sp³-hybridized carbons (Fsp3) is 0.600. The number of nitrogens with zero attached hydrogens (tertiary/aromatic N) is 1. The highest BCUT2D eigenvalue weighted by Crippen LogP contribution is 2.29. The first-order valence-electron chi connectivity index (χ1n) is 7.42. The maximum Gasteiger partial charge on any atom is 0.275 e. The van der Waals surface area contributed by atoms with Crippen molar-refractivity contribution in [2.75, 3.05) is 5.32 Å². The van der Waals surface area contributed by atoms with Gasteiger partial charge in [-0.05, 0) is 39.5 Å². The predicted molar refractivity (Wildman–Crippen MR) is 82.7 cm³/mol. The van der Waals surface area contributed by atoms with Crippen LogP contribution in [0.15, 0.2) is 18.2 Å². The average molecular weight is 293 g/mol. The highest BCUT2D eigenvalue weighted by atomic mass is 16.6. The van der Waals surface area contributed by atoms with Crippen LogP contribution in [-0.2, 0) is 0 Å². The van der Waals surface area contributed by atoms with Gasteiger partial charge < -0.3 is 15.8 Å². The van der Waals surface area contributed by atoms with Crippen LogP contribution in [-0.4, -0.2) is 23.1 Å². The van der Waals surface area contributed by atoms with Crippen molar-refractivity contribution in [3.63, 3.8) is 0 Å². The van der Waals surface area contributed by atoms with E-state index in [2.05, 4.69) is 5.32 Å². The molecule has 3 N–H and O–H groups in total. The minimum absolute atomic E-state index is 0.0208. The maximum atomic E-state index is 11.0. The summed E-state index contributed by atoms with van der Waals surface area (Å²) < 4.78 is 5.59. The van der Waals surface area contributed by atoms with Crippen molar-refractivity contribution in [1.29, 1.82) is 0 Å². The summed E-state index contributed by atoms with van der Waals surface area (Å²) in [6.45, 7) is 3.79. The van der Waals surface area contributed by atoms with Gasteiger partial charge in [0.25, 0.3) is 5.69 Å². The summed E-state index contributed by atoms with van der Waals surface area (Å²) in [4.78, 5) is 10.6. The van der Waals surface area contributed by atoms with Gasteiger partial charge in [0.1, 0.15) is 5.75 Å². The van der Waals surface area contributed by atoms with Crippen LogP contribution in [0.2, 0.25) is 0 Å². The smallest absolute Gasteiger partial charge is 0.275 e. The van der Waals surface area contributed by atoms with Crippen LogP contribution in [0, 0.1) is 10.1 Å². The second-order valence-electron chi connectivity index (χ2n) is 5.90. The SMILES string of the molecule is CC(C)Oc1cc(NC2CCC(N)CC2)cc([N+](=O)[O-])c1. The zero-order chi connectivity index (χ0) is 15.4. The van der Waals surface area contributed by atoms with Gasteiger partial charge in [-0.15, -0.1) is 0 Å². The van der Waals surface area contributed by atoms with E-state index in [0.29, 0.717) is 11.8 Å². The summed E-state index contributed by atoms with van der Waals surface area (Å²) in [5.41, 5.74) is 6.68. The zero-order valence-corrected chi connectivity index (χ0v) is 12.5. The molecule has 6 nitrogen and oxygen atoms in total. The number of anilines is 1. The Kier molecular flexibility index (Phi) is 5.01. The van der Waals surface area contributed by atoms with Crippen LogP contribution < -0.4 is 15.8 Å². The van der Waals surface area contributed by atoms with Crippen molar-refractivity contribution >= 4 is 11.4 Å². The second-order valence-corrected chi connectivity index (χ2v) is 5.90. The largest absolute Gasteiger partial charge is 0.491 e. The molecule has 1 aromatic rings. The minimum atomic E-state index is -0.394. The molecule has 0 saturated heterocycles. The molecule has 1 saturated carbocycles. The van der Waals surface area contributed by atoms with Gasteiger partial charge in [0.05, 0.1) is 17.1 Å². The van der Waals surface area contributed by atoms with Crippen LogP contribution in [0.4, 0.5) is 11.4 Å². The minimum Gasteiger partial charge on any atom is -0.491 e. The number of hydrogen-bond donors (Lipinski definition) is 2. The number of nitrogens with one attached hydrogen (secondary N) is 1. The molecule has 21 heavy (non-hydrogen) atoms. The lowest BCUT2D eigenvalue weighted by molar-refractivity contribution is -0.384. The first kappa shape index (κ1) is 15.6. The lowest BCUT2D eigenvalue weighted by Crippen LogP contribution is -2.32. The summed E-state index contributed by atoms with van der Waals surface area (Å²) in [5, 5.41) is 14.4. The maximum absolute atomic E-state index is 11.0. The Bertz CT molecular complexity index is 497. The molecule has 0 bridgehead atoms. The molecular formula is C15H23N3O3. The third-order valence-corrected chi connectivity index (χ3v) is 3.62. The Morgan fingerprint density at radius 3 is 2.52 bits per heavy atom. The van der Waals surface area contributed by atoms with E-state index < -0.39 is 4.92 Å². The fourth-order valence-corrected chi connectivity index (χ4v) is 2.61. The zero-order valence-electron chi connectivity index (χ0n) is 12.5. The molecule has 0 aliphatic heterocycles. The van der Waals surface area contributed by atoms with Crippen molar-refractivity contribution in [3.05, 3.63) is 28.3 Å². The van der Waals surface area contributed by atoms with Crippen LogP contribution >= 0.6 is 0 Å². The van der Waals surface area contributed by atoms with Gasteiger partial charge in [0, 0.05) is 29.9 Å². The number of nitro benzene ring substituents is 1. The second kappa shape index (κ2) is 6.76. The number of non-ortho nitro benzene ring substituents is 1. The van der Waals surface area contributed by atoms with Crippen LogP contribution in [0.3, 0.4) is 0 Å². The molecule has 6 heteroatoms. The number of hydrogen-bond acceptors (Lipinski definition) is 5. The van der Waals surface area contributed by atoms with E-state index in [0.717, 1.165) is 31.4 Å². The van der Waals surface area contributed by atoms with Crippen LogP contribution in [0.5, 0.6) is 5.75 Å². The van der Waals surface area contributed by atoms with Gasteiger partial charge in [-0.3, -0.25) is 10.1 Å². The van der Waals surface area contributed by atoms with Gasteiger partial charge in [-0.2, -0.15) is 0 Å². The van der Waals surface area contributed by atoms with E-state index in [1.807, 2.05) is 19.9 Å². The molecule has 1 aromatic carbocycles. The molecule has 0 heterocycles. The molecule has 116 valence electrons. The molecule has 2 rings (SSSR count). The van der Waals surface area contributed by atoms with Gasteiger partial charge in [0.15, 0.2) is 0 Å². The number of ether oxygens (including phenoxy) is 1. The van der Waals surface area contributed by atoms with Crippen molar-refractivity contribution in [3.8, 4) is 5.75 Å². The number of benzene rings is 1. The van der Waals surface area contributed by atoms with Crippen molar-refractivity contribution in [1.82, 2.24) is 0 Å².